The molecule has 0 unspecified atom stereocenters. The van der Waals surface area contributed by atoms with Crippen LogP contribution in [0.1, 0.15) is 19.3 Å². The van der Waals surface area contributed by atoms with E-state index in [0.717, 1.165) is 12.1 Å². The van der Waals surface area contributed by atoms with Crippen molar-refractivity contribution in [2.75, 3.05) is 11.9 Å². The maximum atomic E-state index is 10.3. The van der Waals surface area contributed by atoms with Gasteiger partial charge in [0, 0.05) is 28.7 Å². The van der Waals surface area contributed by atoms with E-state index in [-0.39, 0.29) is 6.42 Å². The van der Waals surface area contributed by atoms with Gasteiger partial charge in [-0.2, -0.15) is 0 Å². The molecule has 5 heteroatoms. The number of benzene rings is 1. The number of unbranched alkanes of at least 4 members (excludes halogenated alkanes) is 1. The molecule has 0 aliphatic heterocycles. The molecule has 0 aromatic heterocycles. The minimum Gasteiger partial charge on any atom is -0.481 e. The van der Waals surface area contributed by atoms with Crippen LogP contribution >= 0.6 is 23.2 Å². The third kappa shape index (κ3) is 5.24. The first-order valence-corrected chi connectivity index (χ1v) is 5.75. The molecule has 0 bridgehead atoms. The molecule has 1 aromatic carbocycles. The summed E-state index contributed by atoms with van der Waals surface area (Å²) < 4.78 is 0. The minimum absolute atomic E-state index is 0.206. The molecule has 0 atom stereocenters. The van der Waals surface area contributed by atoms with Crippen molar-refractivity contribution in [1.82, 2.24) is 0 Å². The number of carboxylic acid groups (broad SMARTS) is 1. The van der Waals surface area contributed by atoms with Gasteiger partial charge in [-0.1, -0.05) is 23.2 Å². The molecule has 0 saturated carbocycles. The van der Waals surface area contributed by atoms with Gasteiger partial charge in [-0.25, -0.2) is 0 Å². The van der Waals surface area contributed by atoms with Crippen molar-refractivity contribution in [2.24, 2.45) is 0 Å². The van der Waals surface area contributed by atoms with Crippen LogP contribution in [0.2, 0.25) is 10.0 Å². The Balaban J connectivity index is 2.29. The Morgan fingerprint density at radius 1 is 1.19 bits per heavy atom. The third-order valence-corrected chi connectivity index (χ3v) is 2.45. The number of anilines is 1. The molecule has 3 nitrogen and oxygen atoms in total. The van der Waals surface area contributed by atoms with Crippen LogP contribution < -0.4 is 5.32 Å². The first kappa shape index (κ1) is 13.1. The number of rotatable bonds is 6. The Morgan fingerprint density at radius 3 is 2.38 bits per heavy atom. The lowest BCUT2D eigenvalue weighted by Gasteiger charge is -2.06. The fourth-order valence-electron chi connectivity index (χ4n) is 1.29. The minimum atomic E-state index is -0.759. The van der Waals surface area contributed by atoms with E-state index in [4.69, 9.17) is 28.3 Å². The van der Waals surface area contributed by atoms with E-state index in [2.05, 4.69) is 5.32 Å². The number of halogens is 2. The number of carboxylic acids is 1. The molecule has 0 saturated heterocycles. The average Bonchev–Trinajstić information content (AvgIpc) is 2.15. The van der Waals surface area contributed by atoms with E-state index >= 15 is 0 Å². The van der Waals surface area contributed by atoms with Gasteiger partial charge in [0.25, 0.3) is 0 Å². The van der Waals surface area contributed by atoms with Crippen molar-refractivity contribution in [2.45, 2.75) is 19.3 Å². The van der Waals surface area contributed by atoms with Gasteiger partial charge in [-0.05, 0) is 31.0 Å². The Bertz CT molecular complexity index is 349. The number of carbonyl (C=O) groups is 1. The van der Waals surface area contributed by atoms with E-state index < -0.39 is 5.97 Å². The van der Waals surface area contributed by atoms with Crippen molar-refractivity contribution < 1.29 is 9.90 Å². The summed E-state index contributed by atoms with van der Waals surface area (Å²) in [6, 6.07) is 5.23. The summed E-state index contributed by atoms with van der Waals surface area (Å²) in [6.45, 7) is 0.712. The molecule has 88 valence electrons. The number of aliphatic carboxylic acids is 1. The Morgan fingerprint density at radius 2 is 1.81 bits per heavy atom. The van der Waals surface area contributed by atoms with Gasteiger partial charge in [0.05, 0.1) is 0 Å². The first-order valence-electron chi connectivity index (χ1n) is 4.99. The highest BCUT2D eigenvalue weighted by atomic mass is 35.5. The predicted octanol–water partition coefficient (Wildman–Crippen LogP) is 3.66. The predicted molar refractivity (Wildman–Crippen MR) is 66.4 cm³/mol. The second kappa shape index (κ2) is 6.61. The molecule has 2 N–H and O–H groups in total. The lowest BCUT2D eigenvalue weighted by Crippen LogP contribution is -2.03. The summed E-state index contributed by atoms with van der Waals surface area (Å²) in [5.74, 6) is -0.759. The van der Waals surface area contributed by atoms with Crippen molar-refractivity contribution in [3.8, 4) is 0 Å². The van der Waals surface area contributed by atoms with Crippen LogP contribution in [0.3, 0.4) is 0 Å². The summed E-state index contributed by atoms with van der Waals surface area (Å²) >= 11 is 11.7. The lowest BCUT2D eigenvalue weighted by atomic mass is 10.2. The first-order chi connectivity index (χ1) is 7.58. The van der Waals surface area contributed by atoms with Crippen LogP contribution in [-0.4, -0.2) is 17.6 Å². The fraction of sp³-hybridized carbons (Fsp3) is 0.364. The summed E-state index contributed by atoms with van der Waals surface area (Å²) in [6.07, 6.45) is 1.67. The molecule has 16 heavy (non-hydrogen) atoms. The van der Waals surface area contributed by atoms with Crippen LogP contribution in [0.25, 0.3) is 0 Å². The topological polar surface area (TPSA) is 49.3 Å². The maximum absolute atomic E-state index is 10.3. The highest BCUT2D eigenvalue weighted by Crippen LogP contribution is 2.22. The summed E-state index contributed by atoms with van der Waals surface area (Å²) in [7, 11) is 0. The second-order valence-electron chi connectivity index (χ2n) is 3.44. The van der Waals surface area contributed by atoms with Crippen LogP contribution in [0.15, 0.2) is 18.2 Å². The molecule has 0 spiro atoms. The molecule has 0 heterocycles. The molecule has 0 aliphatic carbocycles. The fourth-order valence-corrected chi connectivity index (χ4v) is 1.82. The van der Waals surface area contributed by atoms with Gasteiger partial charge in [-0.3, -0.25) is 4.79 Å². The molecule has 1 aromatic rings. The quantitative estimate of drug-likeness (QED) is 0.769. The summed E-state index contributed by atoms with van der Waals surface area (Å²) in [4.78, 5) is 10.3. The third-order valence-electron chi connectivity index (χ3n) is 2.01. The van der Waals surface area contributed by atoms with Crippen LogP contribution in [-0.2, 0) is 4.79 Å². The van der Waals surface area contributed by atoms with E-state index in [1.807, 2.05) is 0 Å². The van der Waals surface area contributed by atoms with Crippen molar-refractivity contribution in [3.63, 3.8) is 0 Å². The molecule has 0 amide bonds. The zero-order valence-corrected chi connectivity index (χ0v) is 10.2. The number of hydrogen-bond acceptors (Lipinski definition) is 2. The molecule has 1 rings (SSSR count). The van der Waals surface area contributed by atoms with E-state index in [1.165, 1.54) is 0 Å². The van der Waals surface area contributed by atoms with E-state index in [9.17, 15) is 4.79 Å². The van der Waals surface area contributed by atoms with Crippen LogP contribution in [0.4, 0.5) is 5.69 Å². The summed E-state index contributed by atoms with van der Waals surface area (Å²) in [5.41, 5.74) is 0.854. The van der Waals surface area contributed by atoms with Gasteiger partial charge < -0.3 is 10.4 Å². The standard InChI is InChI=1S/C11H13Cl2NO2/c12-8-5-9(13)7-10(6-8)14-4-2-1-3-11(15)16/h5-7,14H,1-4H2,(H,15,16). The zero-order chi connectivity index (χ0) is 12.0. The van der Waals surface area contributed by atoms with Gasteiger partial charge in [0.2, 0.25) is 0 Å². The lowest BCUT2D eigenvalue weighted by molar-refractivity contribution is -0.137. The average molecular weight is 262 g/mol. The monoisotopic (exact) mass is 261 g/mol. The largest absolute Gasteiger partial charge is 0.481 e. The zero-order valence-electron chi connectivity index (χ0n) is 8.67. The molecule has 0 fully saturated rings. The number of nitrogens with one attached hydrogen (secondary N) is 1. The van der Waals surface area contributed by atoms with Crippen molar-refractivity contribution in [1.29, 1.82) is 0 Å². The molecular formula is C11H13Cl2NO2. The number of hydrogen-bond donors (Lipinski definition) is 2. The highest BCUT2D eigenvalue weighted by molar-refractivity contribution is 6.35. The van der Waals surface area contributed by atoms with Crippen LogP contribution in [0, 0.1) is 0 Å². The SMILES string of the molecule is O=C(O)CCCCNc1cc(Cl)cc(Cl)c1. The van der Waals surface area contributed by atoms with Gasteiger partial charge in [0.1, 0.15) is 0 Å². The normalized spacial score (nSPS) is 10.1. The van der Waals surface area contributed by atoms with Crippen molar-refractivity contribution >= 4 is 34.9 Å². The Kier molecular flexibility index (Phi) is 5.43. The molecule has 0 aliphatic rings. The Labute approximate surface area is 104 Å². The van der Waals surface area contributed by atoms with Gasteiger partial charge >= 0.3 is 5.97 Å². The smallest absolute Gasteiger partial charge is 0.303 e. The van der Waals surface area contributed by atoms with E-state index in [1.54, 1.807) is 18.2 Å². The van der Waals surface area contributed by atoms with Crippen LogP contribution in [0.5, 0.6) is 0 Å². The summed E-state index contributed by atoms with van der Waals surface area (Å²) in [5, 5.41) is 12.8. The highest BCUT2D eigenvalue weighted by Gasteiger charge is 1.99. The Hall–Kier alpha value is -0.930. The van der Waals surface area contributed by atoms with Gasteiger partial charge in [-0.15, -0.1) is 0 Å². The van der Waals surface area contributed by atoms with Crippen molar-refractivity contribution in [3.05, 3.63) is 28.2 Å². The molecular weight excluding hydrogens is 249 g/mol. The maximum Gasteiger partial charge on any atom is 0.303 e. The van der Waals surface area contributed by atoms with Gasteiger partial charge in [0.15, 0.2) is 0 Å². The molecule has 0 radical (unpaired) electrons. The second-order valence-corrected chi connectivity index (χ2v) is 4.31. The van der Waals surface area contributed by atoms with E-state index in [0.29, 0.717) is 23.0 Å².